The molecule has 4 nitrogen and oxygen atoms in total. The standard InChI is InChI=1S/C11H11BrN2O2/c1-13-9-5-3-2-4-8(9)11(12)10(13)6-7-14(15)16/h2-5H,6-7H2,1H3. The Morgan fingerprint density at radius 3 is 2.75 bits per heavy atom. The fourth-order valence-corrected chi connectivity index (χ4v) is 2.67. The van der Waals surface area contributed by atoms with Crippen LogP contribution in [-0.4, -0.2) is 16.0 Å². The molecule has 0 atom stereocenters. The number of fused-ring (bicyclic) bond motifs is 1. The Bertz CT molecular complexity index is 509. The number of nitro groups is 1. The second-order valence-corrected chi connectivity index (χ2v) is 4.44. The van der Waals surface area contributed by atoms with Crippen LogP contribution in [0.1, 0.15) is 5.69 Å². The van der Waals surface area contributed by atoms with Crippen molar-refractivity contribution in [2.24, 2.45) is 7.05 Å². The van der Waals surface area contributed by atoms with Crippen LogP contribution in [0.4, 0.5) is 0 Å². The van der Waals surface area contributed by atoms with E-state index in [1.165, 1.54) is 0 Å². The fourth-order valence-electron chi connectivity index (χ4n) is 1.87. The van der Waals surface area contributed by atoms with Gasteiger partial charge in [-0.25, -0.2) is 0 Å². The SMILES string of the molecule is Cn1c(CC[N+](=O)[O-])c(Br)c2ccccc21. The summed E-state index contributed by atoms with van der Waals surface area (Å²) in [5.41, 5.74) is 2.06. The van der Waals surface area contributed by atoms with Crippen molar-refractivity contribution in [3.8, 4) is 0 Å². The van der Waals surface area contributed by atoms with Crippen LogP contribution in [0.5, 0.6) is 0 Å². The minimum atomic E-state index is -0.288. The van der Waals surface area contributed by atoms with E-state index < -0.39 is 0 Å². The fraction of sp³-hybridized carbons (Fsp3) is 0.273. The Labute approximate surface area is 101 Å². The molecule has 0 aliphatic carbocycles. The molecule has 0 saturated heterocycles. The zero-order valence-electron chi connectivity index (χ0n) is 8.81. The van der Waals surface area contributed by atoms with Crippen molar-refractivity contribution >= 4 is 26.8 Å². The van der Waals surface area contributed by atoms with Gasteiger partial charge in [0.05, 0.1) is 6.42 Å². The molecule has 2 aromatic rings. The lowest BCUT2D eigenvalue weighted by Gasteiger charge is -2.01. The van der Waals surface area contributed by atoms with E-state index in [1.54, 1.807) is 0 Å². The van der Waals surface area contributed by atoms with E-state index in [1.807, 2.05) is 35.9 Å². The predicted octanol–water partition coefficient (Wildman–Crippen LogP) is 2.76. The number of rotatable bonds is 3. The van der Waals surface area contributed by atoms with Crippen molar-refractivity contribution in [1.29, 1.82) is 0 Å². The maximum atomic E-state index is 10.4. The van der Waals surface area contributed by atoms with Gasteiger partial charge in [-0.15, -0.1) is 0 Å². The van der Waals surface area contributed by atoms with Crippen LogP contribution >= 0.6 is 15.9 Å². The lowest BCUT2D eigenvalue weighted by molar-refractivity contribution is -0.479. The monoisotopic (exact) mass is 282 g/mol. The van der Waals surface area contributed by atoms with Crippen LogP contribution in [0, 0.1) is 10.1 Å². The lowest BCUT2D eigenvalue weighted by atomic mass is 10.2. The summed E-state index contributed by atoms with van der Waals surface area (Å²) in [5, 5.41) is 11.5. The van der Waals surface area contributed by atoms with E-state index in [0.717, 1.165) is 21.1 Å². The molecule has 0 unspecified atom stereocenters. The number of aryl methyl sites for hydroxylation is 1. The first-order valence-corrected chi connectivity index (χ1v) is 5.74. The molecule has 0 bridgehead atoms. The van der Waals surface area contributed by atoms with E-state index in [2.05, 4.69) is 15.9 Å². The third-order valence-electron chi connectivity index (χ3n) is 2.69. The van der Waals surface area contributed by atoms with Gasteiger partial charge in [-0.3, -0.25) is 10.1 Å². The molecular weight excluding hydrogens is 272 g/mol. The van der Waals surface area contributed by atoms with Gasteiger partial charge in [0, 0.05) is 33.0 Å². The van der Waals surface area contributed by atoms with Gasteiger partial charge in [0.25, 0.3) is 0 Å². The van der Waals surface area contributed by atoms with Gasteiger partial charge < -0.3 is 4.57 Å². The van der Waals surface area contributed by atoms with E-state index in [-0.39, 0.29) is 11.5 Å². The van der Waals surface area contributed by atoms with Crippen LogP contribution in [0.3, 0.4) is 0 Å². The molecule has 0 radical (unpaired) electrons. The number of hydrogen-bond donors (Lipinski definition) is 0. The summed E-state index contributed by atoms with van der Waals surface area (Å²) >= 11 is 3.51. The highest BCUT2D eigenvalue weighted by molar-refractivity contribution is 9.10. The van der Waals surface area contributed by atoms with Crippen LogP contribution in [0.2, 0.25) is 0 Å². The number of aromatic nitrogens is 1. The first-order valence-electron chi connectivity index (χ1n) is 4.95. The Kier molecular flexibility index (Phi) is 2.96. The first-order chi connectivity index (χ1) is 7.61. The molecule has 5 heteroatoms. The molecule has 0 aliphatic heterocycles. The van der Waals surface area contributed by atoms with E-state index in [9.17, 15) is 10.1 Å². The summed E-state index contributed by atoms with van der Waals surface area (Å²) in [6.45, 7) is -0.0389. The van der Waals surface area contributed by atoms with Gasteiger partial charge in [0.2, 0.25) is 6.54 Å². The van der Waals surface area contributed by atoms with Crippen molar-refractivity contribution in [1.82, 2.24) is 4.57 Å². The molecule has 0 fully saturated rings. The molecule has 16 heavy (non-hydrogen) atoms. The van der Waals surface area contributed by atoms with Gasteiger partial charge in [-0.2, -0.15) is 0 Å². The molecule has 1 aromatic carbocycles. The van der Waals surface area contributed by atoms with Crippen molar-refractivity contribution in [2.75, 3.05) is 6.54 Å². The average Bonchev–Trinajstić information content (AvgIpc) is 2.50. The Morgan fingerprint density at radius 2 is 2.12 bits per heavy atom. The summed E-state index contributed by atoms with van der Waals surface area (Å²) in [7, 11) is 1.93. The molecule has 0 amide bonds. The van der Waals surface area contributed by atoms with Crippen LogP contribution in [-0.2, 0) is 13.5 Å². The van der Waals surface area contributed by atoms with E-state index in [4.69, 9.17) is 0 Å². The highest BCUT2D eigenvalue weighted by Crippen LogP contribution is 2.30. The number of para-hydroxylation sites is 1. The zero-order valence-corrected chi connectivity index (χ0v) is 10.4. The van der Waals surface area contributed by atoms with Gasteiger partial charge in [0.1, 0.15) is 0 Å². The zero-order chi connectivity index (χ0) is 11.7. The smallest absolute Gasteiger partial charge is 0.209 e. The normalized spacial score (nSPS) is 10.9. The molecular formula is C11H11BrN2O2. The maximum absolute atomic E-state index is 10.4. The maximum Gasteiger partial charge on any atom is 0.209 e. The largest absolute Gasteiger partial charge is 0.346 e. The van der Waals surface area contributed by atoms with Crippen LogP contribution < -0.4 is 0 Å². The third-order valence-corrected chi connectivity index (χ3v) is 3.58. The summed E-state index contributed by atoms with van der Waals surface area (Å²) in [5.74, 6) is 0. The molecule has 0 spiro atoms. The number of hydrogen-bond acceptors (Lipinski definition) is 2. The molecule has 0 aliphatic rings. The minimum Gasteiger partial charge on any atom is -0.346 e. The Balaban J connectivity index is 2.48. The Morgan fingerprint density at radius 1 is 1.44 bits per heavy atom. The van der Waals surface area contributed by atoms with Crippen LogP contribution in [0.15, 0.2) is 28.7 Å². The summed E-state index contributed by atoms with van der Waals surface area (Å²) in [6, 6.07) is 7.95. The molecule has 2 rings (SSSR count). The highest BCUT2D eigenvalue weighted by Gasteiger charge is 2.13. The second kappa shape index (κ2) is 4.25. The highest BCUT2D eigenvalue weighted by atomic mass is 79.9. The van der Waals surface area contributed by atoms with E-state index >= 15 is 0 Å². The quantitative estimate of drug-likeness (QED) is 0.642. The van der Waals surface area contributed by atoms with Gasteiger partial charge in [-0.1, -0.05) is 18.2 Å². The molecule has 0 saturated carbocycles. The number of nitrogens with zero attached hydrogens (tertiary/aromatic N) is 2. The number of halogens is 1. The van der Waals surface area contributed by atoms with Gasteiger partial charge in [0.15, 0.2) is 0 Å². The summed E-state index contributed by atoms with van der Waals surface area (Å²) < 4.78 is 2.97. The molecule has 0 N–H and O–H groups in total. The van der Waals surface area contributed by atoms with Crippen LogP contribution in [0.25, 0.3) is 10.9 Å². The molecule has 1 heterocycles. The minimum absolute atomic E-state index is 0.0389. The first kappa shape index (κ1) is 11.1. The van der Waals surface area contributed by atoms with Crippen molar-refractivity contribution in [3.63, 3.8) is 0 Å². The molecule has 84 valence electrons. The lowest BCUT2D eigenvalue weighted by Crippen LogP contribution is -2.07. The predicted molar refractivity (Wildman–Crippen MR) is 66.2 cm³/mol. The summed E-state index contributed by atoms with van der Waals surface area (Å²) in [6.07, 6.45) is 0.443. The van der Waals surface area contributed by atoms with Gasteiger partial charge >= 0.3 is 0 Å². The Hall–Kier alpha value is -1.36. The van der Waals surface area contributed by atoms with Crippen molar-refractivity contribution in [3.05, 3.63) is 44.5 Å². The average molecular weight is 283 g/mol. The van der Waals surface area contributed by atoms with Crippen molar-refractivity contribution < 1.29 is 4.92 Å². The van der Waals surface area contributed by atoms with Crippen molar-refractivity contribution in [2.45, 2.75) is 6.42 Å². The van der Waals surface area contributed by atoms with E-state index in [0.29, 0.717) is 6.42 Å². The van der Waals surface area contributed by atoms with Gasteiger partial charge in [-0.05, 0) is 22.0 Å². The topological polar surface area (TPSA) is 48.1 Å². The molecule has 1 aromatic heterocycles. The second-order valence-electron chi connectivity index (χ2n) is 3.64. The third kappa shape index (κ3) is 1.82. The summed E-state index contributed by atoms with van der Waals surface area (Å²) in [4.78, 5) is 10.1. The number of benzene rings is 1.